The fourth-order valence-corrected chi connectivity index (χ4v) is 3.58. The van der Waals surface area contributed by atoms with Crippen molar-refractivity contribution in [1.82, 2.24) is 10.2 Å². The first-order valence-electron chi connectivity index (χ1n) is 10.8. The number of alkyl halides is 9. The van der Waals surface area contributed by atoms with Crippen LogP contribution in [0.15, 0.2) is 42.5 Å². The molecule has 2 aromatic rings. The highest BCUT2D eigenvalue weighted by atomic mass is 35.5. The number of hydrogen-bond acceptors (Lipinski definition) is 2. The van der Waals surface area contributed by atoms with Crippen molar-refractivity contribution < 1.29 is 57.9 Å². The van der Waals surface area contributed by atoms with Gasteiger partial charge in [-0.15, -0.1) is 0 Å². The Hall–Kier alpha value is -3.36. The monoisotopic (exact) mass is 610 g/mol. The number of likely N-dealkylation sites (N-methyl/N-ethyl adjacent to an activating group) is 1. The van der Waals surface area contributed by atoms with Crippen molar-refractivity contribution in [3.63, 3.8) is 0 Å². The van der Waals surface area contributed by atoms with Crippen molar-refractivity contribution >= 4 is 29.2 Å². The van der Waals surface area contributed by atoms with Crippen LogP contribution >= 0.6 is 11.6 Å². The van der Waals surface area contributed by atoms with E-state index >= 15 is 0 Å². The maximum absolute atomic E-state index is 14.9. The number of carbonyl (C=O) groups is 2. The van der Waals surface area contributed by atoms with Crippen LogP contribution in [0.2, 0.25) is 5.02 Å². The van der Waals surface area contributed by atoms with Crippen LogP contribution in [0.4, 0.5) is 48.3 Å². The highest BCUT2D eigenvalue weighted by Crippen LogP contribution is 2.40. The van der Waals surface area contributed by atoms with Crippen molar-refractivity contribution in [2.45, 2.75) is 37.4 Å². The van der Waals surface area contributed by atoms with Crippen molar-refractivity contribution in [2.75, 3.05) is 13.6 Å². The summed E-state index contributed by atoms with van der Waals surface area (Å²) in [5.74, 6) is -8.71. The number of carbonyl (C=O) groups excluding carboxylic acids is 2. The summed E-state index contributed by atoms with van der Waals surface area (Å²) < 4.78 is 148. The van der Waals surface area contributed by atoms with Crippen LogP contribution in [-0.4, -0.2) is 48.7 Å². The van der Waals surface area contributed by atoms with E-state index in [4.69, 9.17) is 11.6 Å². The van der Waals surface area contributed by atoms with Crippen molar-refractivity contribution in [3.8, 4) is 0 Å². The molecule has 0 saturated heterocycles. The second-order valence-corrected chi connectivity index (χ2v) is 8.88. The van der Waals surface area contributed by atoms with E-state index < -0.39 is 87.8 Å². The Bertz CT molecular complexity index is 1290. The number of hydrogen-bond donors (Lipinski definition) is 1. The van der Waals surface area contributed by atoms with Gasteiger partial charge in [0.1, 0.15) is 30.1 Å². The van der Waals surface area contributed by atoms with Gasteiger partial charge in [0.25, 0.3) is 5.91 Å². The van der Waals surface area contributed by atoms with Crippen LogP contribution in [-0.2, 0) is 11.0 Å². The first-order chi connectivity index (χ1) is 18.1. The Morgan fingerprint density at radius 3 is 2.10 bits per heavy atom. The third-order valence-electron chi connectivity index (χ3n) is 5.32. The van der Waals surface area contributed by atoms with Gasteiger partial charge in [-0.1, -0.05) is 23.7 Å². The van der Waals surface area contributed by atoms with Crippen LogP contribution in [0.1, 0.15) is 39.9 Å². The van der Waals surface area contributed by atoms with Crippen LogP contribution < -0.4 is 5.32 Å². The van der Waals surface area contributed by atoms with Gasteiger partial charge in [-0.3, -0.25) is 9.59 Å². The van der Waals surface area contributed by atoms with E-state index in [0.29, 0.717) is 18.2 Å². The van der Waals surface area contributed by atoms with Crippen LogP contribution in [0.25, 0.3) is 5.83 Å². The standard InChI is InChI=1S/C24H18ClF11N2O2/c1-11(21(40)38(2)10-22(28,29)30)37-20(39)14-5-3-13(7-16(14)24(34,35)36)18(26)9-15(23(31,32)33)12-4-6-17(25)19(27)8-12/h3-9,11,15H,10H2,1-2H3,(H,37,39)/b18-9-. The largest absolute Gasteiger partial charge is 0.417 e. The highest BCUT2D eigenvalue weighted by Gasteiger charge is 2.41. The summed E-state index contributed by atoms with van der Waals surface area (Å²) in [6.07, 6.45) is -15.4. The molecule has 0 aliphatic heterocycles. The Morgan fingerprint density at radius 1 is 1.00 bits per heavy atom. The summed E-state index contributed by atoms with van der Waals surface area (Å²) in [5, 5.41) is 1.28. The lowest BCUT2D eigenvalue weighted by Gasteiger charge is -2.23. The van der Waals surface area contributed by atoms with Crippen molar-refractivity contribution in [2.24, 2.45) is 0 Å². The molecule has 0 saturated carbocycles. The normalized spacial score (nSPS) is 14.5. The topological polar surface area (TPSA) is 49.4 Å². The summed E-state index contributed by atoms with van der Waals surface area (Å²) >= 11 is 5.44. The molecular weight excluding hydrogens is 593 g/mol. The lowest BCUT2D eigenvalue weighted by molar-refractivity contribution is -0.159. The second-order valence-electron chi connectivity index (χ2n) is 8.47. The predicted octanol–water partition coefficient (Wildman–Crippen LogP) is 7.29. The number of rotatable bonds is 7. The highest BCUT2D eigenvalue weighted by molar-refractivity contribution is 6.30. The lowest BCUT2D eigenvalue weighted by atomic mass is 9.95. The number of halogens is 12. The van der Waals surface area contributed by atoms with Gasteiger partial charge < -0.3 is 10.2 Å². The molecule has 16 heteroatoms. The van der Waals surface area contributed by atoms with Gasteiger partial charge in [0.15, 0.2) is 0 Å². The number of benzene rings is 2. The summed E-state index contributed by atoms with van der Waals surface area (Å²) in [7, 11) is 0.746. The number of allylic oxidation sites excluding steroid dienone is 1. The molecule has 2 amide bonds. The lowest BCUT2D eigenvalue weighted by Crippen LogP contribution is -2.48. The molecule has 0 aliphatic rings. The molecule has 2 aromatic carbocycles. The average Bonchev–Trinajstić information content (AvgIpc) is 2.80. The zero-order valence-corrected chi connectivity index (χ0v) is 21.0. The third kappa shape index (κ3) is 8.57. The molecule has 0 fully saturated rings. The molecule has 0 radical (unpaired) electrons. The van der Waals surface area contributed by atoms with Gasteiger partial charge in [-0.25, -0.2) is 8.78 Å². The van der Waals surface area contributed by atoms with E-state index in [2.05, 4.69) is 0 Å². The first-order valence-corrected chi connectivity index (χ1v) is 11.2. The summed E-state index contributed by atoms with van der Waals surface area (Å²) in [5.41, 5.74) is -4.82. The minimum Gasteiger partial charge on any atom is -0.341 e. The summed E-state index contributed by atoms with van der Waals surface area (Å²) in [6.45, 7) is -0.796. The Balaban J connectivity index is 2.44. The maximum Gasteiger partial charge on any atom is 0.417 e. The van der Waals surface area contributed by atoms with E-state index in [1.54, 1.807) is 5.32 Å². The quantitative estimate of drug-likeness (QED) is 0.335. The fourth-order valence-electron chi connectivity index (χ4n) is 3.47. The molecule has 40 heavy (non-hydrogen) atoms. The molecule has 1 N–H and O–H groups in total. The Labute approximate surface area is 224 Å². The molecular formula is C24H18ClF11N2O2. The van der Waals surface area contributed by atoms with E-state index in [0.717, 1.165) is 26.1 Å². The molecule has 0 aromatic heterocycles. The van der Waals surface area contributed by atoms with E-state index in [1.165, 1.54) is 0 Å². The maximum atomic E-state index is 14.9. The number of nitrogens with one attached hydrogen (secondary N) is 1. The molecule has 0 spiro atoms. The zero-order valence-electron chi connectivity index (χ0n) is 20.2. The Kier molecular flexibility index (Phi) is 9.87. The third-order valence-corrected chi connectivity index (χ3v) is 5.63. The minimum absolute atomic E-state index is 0.0406. The summed E-state index contributed by atoms with van der Waals surface area (Å²) in [4.78, 5) is 24.7. The molecule has 0 aliphatic carbocycles. The van der Waals surface area contributed by atoms with E-state index in [-0.39, 0.29) is 17.0 Å². The van der Waals surface area contributed by atoms with E-state index in [1.807, 2.05) is 0 Å². The second kappa shape index (κ2) is 12.0. The smallest absolute Gasteiger partial charge is 0.341 e. The minimum atomic E-state index is -5.36. The Morgan fingerprint density at radius 2 is 1.60 bits per heavy atom. The number of amides is 2. The van der Waals surface area contributed by atoms with Gasteiger partial charge in [0.2, 0.25) is 5.91 Å². The zero-order chi connectivity index (χ0) is 30.8. The molecule has 0 bridgehead atoms. The predicted molar refractivity (Wildman–Crippen MR) is 121 cm³/mol. The van der Waals surface area contributed by atoms with Gasteiger partial charge in [-0.2, -0.15) is 39.5 Å². The SMILES string of the molecule is CC(NC(=O)c1ccc(/C(F)=C/C(c2ccc(Cl)c(F)c2)C(F)(F)F)cc1C(F)(F)F)C(=O)N(C)CC(F)(F)F. The number of nitrogens with zero attached hydrogens (tertiary/aromatic N) is 1. The first kappa shape index (κ1) is 32.8. The molecule has 2 atom stereocenters. The average molecular weight is 611 g/mol. The van der Waals surface area contributed by atoms with Gasteiger partial charge in [0, 0.05) is 12.6 Å². The van der Waals surface area contributed by atoms with E-state index in [9.17, 15) is 57.9 Å². The van der Waals surface area contributed by atoms with Gasteiger partial charge >= 0.3 is 18.5 Å². The molecule has 2 unspecified atom stereocenters. The molecule has 4 nitrogen and oxygen atoms in total. The fraction of sp³-hybridized carbons (Fsp3) is 0.333. The van der Waals surface area contributed by atoms with Crippen LogP contribution in [0.5, 0.6) is 0 Å². The molecule has 2 rings (SSSR count). The summed E-state index contributed by atoms with van der Waals surface area (Å²) in [6, 6.07) is 1.20. The van der Waals surface area contributed by atoms with Crippen LogP contribution in [0, 0.1) is 5.82 Å². The van der Waals surface area contributed by atoms with Crippen LogP contribution in [0.3, 0.4) is 0 Å². The molecule has 0 heterocycles. The van der Waals surface area contributed by atoms with Crippen molar-refractivity contribution in [1.29, 1.82) is 0 Å². The van der Waals surface area contributed by atoms with Gasteiger partial charge in [-0.05, 0) is 42.8 Å². The molecule has 220 valence electrons. The van der Waals surface area contributed by atoms with Crippen molar-refractivity contribution in [3.05, 3.63) is 75.6 Å². The van der Waals surface area contributed by atoms with Gasteiger partial charge in [0.05, 0.1) is 16.1 Å².